The van der Waals surface area contributed by atoms with Gasteiger partial charge < -0.3 is 16.0 Å². The van der Waals surface area contributed by atoms with Crippen LogP contribution in [0.1, 0.15) is 64.2 Å². The number of nitrogens with one attached hydrogen (secondary N) is 1. The molecule has 2 rings (SSSR count). The van der Waals surface area contributed by atoms with Crippen LogP contribution in [0.15, 0.2) is 4.99 Å². The number of likely N-dealkylation sites (tertiary alicyclic amines) is 1. The molecule has 0 bridgehead atoms. The maximum absolute atomic E-state index is 5.91. The Morgan fingerprint density at radius 3 is 2.57 bits per heavy atom. The lowest BCUT2D eigenvalue weighted by Crippen LogP contribution is -2.33. The maximum atomic E-state index is 5.91. The van der Waals surface area contributed by atoms with Crippen LogP contribution in [0.2, 0.25) is 0 Å². The Kier molecular flexibility index (Phi) is 7.94. The highest BCUT2D eigenvalue weighted by atomic mass is 15.1. The molecule has 0 amide bonds. The first-order valence-electron chi connectivity index (χ1n) is 9.11. The molecule has 122 valence electrons. The molecule has 0 unspecified atom stereocenters. The molecule has 1 saturated carbocycles. The highest BCUT2D eigenvalue weighted by molar-refractivity contribution is 5.77. The lowest BCUT2D eigenvalue weighted by molar-refractivity contribution is 0.332. The third-order valence-corrected chi connectivity index (χ3v) is 4.93. The lowest BCUT2D eigenvalue weighted by Gasteiger charge is -2.21. The SMILES string of the molecule is NC(=NCCCN1CCCC1)NCCCC1CCCCC1. The molecule has 21 heavy (non-hydrogen) atoms. The monoisotopic (exact) mass is 294 g/mol. The average Bonchev–Trinajstić information content (AvgIpc) is 3.02. The van der Waals surface area contributed by atoms with Gasteiger partial charge in [0.15, 0.2) is 5.96 Å². The number of nitrogens with two attached hydrogens (primary N) is 1. The van der Waals surface area contributed by atoms with Crippen molar-refractivity contribution in [3.05, 3.63) is 0 Å². The molecule has 4 nitrogen and oxygen atoms in total. The van der Waals surface area contributed by atoms with Crippen LogP contribution in [0.4, 0.5) is 0 Å². The Hall–Kier alpha value is -0.770. The zero-order valence-electron chi connectivity index (χ0n) is 13.7. The van der Waals surface area contributed by atoms with Gasteiger partial charge in [-0.2, -0.15) is 0 Å². The first-order valence-corrected chi connectivity index (χ1v) is 9.11. The summed E-state index contributed by atoms with van der Waals surface area (Å²) in [4.78, 5) is 6.96. The van der Waals surface area contributed by atoms with Crippen molar-refractivity contribution in [1.29, 1.82) is 0 Å². The number of guanidine groups is 1. The van der Waals surface area contributed by atoms with E-state index in [1.165, 1.54) is 77.4 Å². The second-order valence-electron chi connectivity index (χ2n) is 6.74. The van der Waals surface area contributed by atoms with Gasteiger partial charge >= 0.3 is 0 Å². The minimum Gasteiger partial charge on any atom is -0.370 e. The van der Waals surface area contributed by atoms with Crippen molar-refractivity contribution in [3.63, 3.8) is 0 Å². The minimum absolute atomic E-state index is 0.639. The lowest BCUT2D eigenvalue weighted by atomic mass is 9.86. The van der Waals surface area contributed by atoms with Gasteiger partial charge in [-0.3, -0.25) is 4.99 Å². The van der Waals surface area contributed by atoms with Crippen LogP contribution >= 0.6 is 0 Å². The smallest absolute Gasteiger partial charge is 0.188 e. The normalized spacial score (nSPS) is 21.8. The predicted octanol–water partition coefficient (Wildman–Crippen LogP) is 2.74. The number of rotatable bonds is 8. The molecule has 1 heterocycles. The molecule has 0 aromatic rings. The largest absolute Gasteiger partial charge is 0.370 e. The van der Waals surface area contributed by atoms with Crippen LogP contribution in [-0.4, -0.2) is 43.6 Å². The molecule has 0 aromatic carbocycles. The van der Waals surface area contributed by atoms with Crippen LogP contribution in [-0.2, 0) is 0 Å². The Bertz CT molecular complexity index is 291. The molecule has 0 spiro atoms. The van der Waals surface area contributed by atoms with Gasteiger partial charge in [0.2, 0.25) is 0 Å². The van der Waals surface area contributed by atoms with Gasteiger partial charge in [0.05, 0.1) is 0 Å². The summed E-state index contributed by atoms with van der Waals surface area (Å²) in [5, 5.41) is 3.26. The van der Waals surface area contributed by atoms with E-state index in [0.29, 0.717) is 5.96 Å². The molecule has 1 aliphatic carbocycles. The molecule has 1 saturated heterocycles. The van der Waals surface area contributed by atoms with E-state index in [2.05, 4.69) is 15.2 Å². The molecule has 3 N–H and O–H groups in total. The molecule has 0 radical (unpaired) electrons. The summed E-state index contributed by atoms with van der Waals surface area (Å²) in [5.74, 6) is 1.61. The molecule has 0 atom stereocenters. The Morgan fingerprint density at radius 1 is 1.05 bits per heavy atom. The second-order valence-corrected chi connectivity index (χ2v) is 6.74. The highest BCUT2D eigenvalue weighted by Crippen LogP contribution is 2.26. The van der Waals surface area contributed by atoms with E-state index < -0.39 is 0 Å². The zero-order chi connectivity index (χ0) is 14.8. The summed E-state index contributed by atoms with van der Waals surface area (Å²) >= 11 is 0. The van der Waals surface area contributed by atoms with Gasteiger partial charge in [-0.1, -0.05) is 32.1 Å². The molecular weight excluding hydrogens is 260 g/mol. The number of aliphatic imine (C=N–C) groups is 1. The zero-order valence-corrected chi connectivity index (χ0v) is 13.7. The highest BCUT2D eigenvalue weighted by Gasteiger charge is 2.12. The van der Waals surface area contributed by atoms with Crippen molar-refractivity contribution in [3.8, 4) is 0 Å². The quantitative estimate of drug-likeness (QED) is 0.411. The van der Waals surface area contributed by atoms with Crippen molar-refractivity contribution in [2.45, 2.75) is 64.2 Å². The van der Waals surface area contributed by atoms with Crippen molar-refractivity contribution < 1.29 is 0 Å². The second kappa shape index (κ2) is 10.0. The maximum Gasteiger partial charge on any atom is 0.188 e. The van der Waals surface area contributed by atoms with Crippen LogP contribution in [0, 0.1) is 5.92 Å². The Morgan fingerprint density at radius 2 is 1.81 bits per heavy atom. The van der Waals surface area contributed by atoms with Crippen LogP contribution in [0.5, 0.6) is 0 Å². The number of hydrogen-bond donors (Lipinski definition) is 2. The first-order chi connectivity index (χ1) is 10.3. The summed E-state index contributed by atoms with van der Waals surface area (Å²) in [5.41, 5.74) is 5.91. The van der Waals surface area contributed by atoms with Crippen LogP contribution in [0.25, 0.3) is 0 Å². The Labute approximate surface area is 130 Å². The summed E-state index contributed by atoms with van der Waals surface area (Å²) in [6, 6.07) is 0. The first kappa shape index (κ1) is 16.6. The van der Waals surface area contributed by atoms with Crippen molar-refractivity contribution in [1.82, 2.24) is 10.2 Å². The van der Waals surface area contributed by atoms with Gasteiger partial charge in [-0.25, -0.2) is 0 Å². The topological polar surface area (TPSA) is 53.6 Å². The third kappa shape index (κ3) is 7.16. The minimum atomic E-state index is 0.639. The van der Waals surface area contributed by atoms with Gasteiger partial charge in [-0.15, -0.1) is 0 Å². The van der Waals surface area contributed by atoms with E-state index in [0.717, 1.165) is 25.4 Å². The van der Waals surface area contributed by atoms with Crippen molar-refractivity contribution in [2.75, 3.05) is 32.7 Å². The molecule has 4 heteroatoms. The van der Waals surface area contributed by atoms with Gasteiger partial charge in [0, 0.05) is 13.1 Å². The van der Waals surface area contributed by atoms with Gasteiger partial charge in [0.1, 0.15) is 0 Å². The third-order valence-electron chi connectivity index (χ3n) is 4.93. The fourth-order valence-electron chi connectivity index (χ4n) is 3.64. The number of nitrogens with zero attached hydrogens (tertiary/aromatic N) is 2. The van der Waals surface area contributed by atoms with Crippen molar-refractivity contribution >= 4 is 5.96 Å². The standard InChI is InChI=1S/C17H34N4/c18-17(20-12-7-15-21-13-4-5-14-21)19-11-6-10-16-8-2-1-3-9-16/h16H,1-15H2,(H3,18,19,20). The van der Waals surface area contributed by atoms with E-state index in [-0.39, 0.29) is 0 Å². The summed E-state index contributed by atoms with van der Waals surface area (Å²) in [6.45, 7) is 5.58. The summed E-state index contributed by atoms with van der Waals surface area (Å²) in [6.07, 6.45) is 13.7. The van der Waals surface area contributed by atoms with Gasteiger partial charge in [0.25, 0.3) is 0 Å². The molecular formula is C17H34N4. The van der Waals surface area contributed by atoms with Crippen LogP contribution < -0.4 is 11.1 Å². The molecule has 2 aliphatic rings. The Balaban J connectivity index is 1.44. The van der Waals surface area contributed by atoms with Crippen molar-refractivity contribution in [2.24, 2.45) is 16.6 Å². The summed E-state index contributed by atoms with van der Waals surface area (Å²) in [7, 11) is 0. The van der Waals surface area contributed by atoms with E-state index in [1.54, 1.807) is 0 Å². The molecule has 2 fully saturated rings. The number of hydrogen-bond acceptors (Lipinski definition) is 2. The van der Waals surface area contributed by atoms with E-state index in [4.69, 9.17) is 5.73 Å². The fourth-order valence-corrected chi connectivity index (χ4v) is 3.64. The predicted molar refractivity (Wildman–Crippen MR) is 90.6 cm³/mol. The fraction of sp³-hybridized carbons (Fsp3) is 0.941. The average molecular weight is 294 g/mol. The van der Waals surface area contributed by atoms with E-state index >= 15 is 0 Å². The van der Waals surface area contributed by atoms with E-state index in [1.807, 2.05) is 0 Å². The van der Waals surface area contributed by atoms with E-state index in [9.17, 15) is 0 Å². The van der Waals surface area contributed by atoms with Crippen LogP contribution in [0.3, 0.4) is 0 Å². The summed E-state index contributed by atoms with van der Waals surface area (Å²) < 4.78 is 0. The molecule has 0 aromatic heterocycles. The molecule has 1 aliphatic heterocycles. The van der Waals surface area contributed by atoms with Gasteiger partial charge in [-0.05, 0) is 57.7 Å².